The Morgan fingerprint density at radius 2 is 1.86 bits per heavy atom. The van der Waals surface area contributed by atoms with Crippen molar-refractivity contribution in [3.8, 4) is 0 Å². The average Bonchev–Trinajstić information content (AvgIpc) is 2.65. The minimum Gasteiger partial charge on any atom is -0.322 e. The third-order valence-electron chi connectivity index (χ3n) is 4.57. The maximum Gasteiger partial charge on any atom is 0.252 e. The highest BCUT2D eigenvalue weighted by atomic mass is 35.5. The number of alkyl halides is 1. The molecule has 0 aliphatic carbocycles. The molecule has 0 saturated carbocycles. The van der Waals surface area contributed by atoms with Crippen LogP contribution in [0.15, 0.2) is 53.4 Å². The van der Waals surface area contributed by atoms with Crippen molar-refractivity contribution < 1.29 is 18.0 Å². The van der Waals surface area contributed by atoms with Gasteiger partial charge in [-0.05, 0) is 37.6 Å². The summed E-state index contributed by atoms with van der Waals surface area (Å²) in [6.07, 6.45) is 0. The lowest BCUT2D eigenvalue weighted by atomic mass is 9.90. The van der Waals surface area contributed by atoms with Crippen LogP contribution in [-0.4, -0.2) is 26.1 Å². The van der Waals surface area contributed by atoms with E-state index >= 15 is 0 Å². The van der Waals surface area contributed by atoms with E-state index in [1.54, 1.807) is 38.1 Å². The molecule has 2 amide bonds. The Kier molecular flexibility index (Phi) is 5.22. The van der Waals surface area contributed by atoms with Crippen molar-refractivity contribution in [2.75, 3.05) is 16.1 Å². The van der Waals surface area contributed by atoms with Crippen molar-refractivity contribution in [2.24, 2.45) is 10.6 Å². The summed E-state index contributed by atoms with van der Waals surface area (Å²) in [6.45, 7) is 3.38. The van der Waals surface area contributed by atoms with Gasteiger partial charge in [0.1, 0.15) is 6.04 Å². The molecule has 3 rings (SSSR count). The van der Waals surface area contributed by atoms with Gasteiger partial charge < -0.3 is 5.32 Å². The number of hydrogen-bond donors (Lipinski definition) is 2. The molecule has 28 heavy (non-hydrogen) atoms. The van der Waals surface area contributed by atoms with Crippen LogP contribution < -0.4 is 15.4 Å². The third-order valence-corrected chi connectivity index (χ3v) is 6.15. The molecule has 9 heteroatoms. The van der Waals surface area contributed by atoms with Gasteiger partial charge in [0.2, 0.25) is 15.9 Å². The van der Waals surface area contributed by atoms with Crippen LogP contribution in [0.2, 0.25) is 0 Å². The van der Waals surface area contributed by atoms with Crippen molar-refractivity contribution >= 4 is 44.8 Å². The van der Waals surface area contributed by atoms with Crippen molar-refractivity contribution in [1.82, 2.24) is 0 Å². The number of fused-ring (bicyclic) bond motifs is 1. The molecular formula is C19H20ClN3O4S. The third kappa shape index (κ3) is 3.63. The number of rotatable bonds is 4. The van der Waals surface area contributed by atoms with Gasteiger partial charge in [0, 0.05) is 5.88 Å². The average molecular weight is 422 g/mol. The Morgan fingerprint density at radius 3 is 2.43 bits per heavy atom. The number of carbonyl (C=O) groups excluding carboxylic acids is 2. The first-order valence-electron chi connectivity index (χ1n) is 8.48. The Labute approximate surface area is 168 Å². The Morgan fingerprint density at radius 1 is 1.21 bits per heavy atom. The van der Waals surface area contributed by atoms with E-state index < -0.39 is 27.4 Å². The normalized spacial score (nSPS) is 17.1. The number of carbonyl (C=O) groups is 2. The zero-order chi connectivity index (χ0) is 20.7. The fourth-order valence-electron chi connectivity index (χ4n) is 3.01. The van der Waals surface area contributed by atoms with E-state index in [1.807, 2.05) is 6.07 Å². The van der Waals surface area contributed by atoms with Crippen LogP contribution in [0.1, 0.15) is 25.5 Å². The number of halogens is 1. The second-order valence-corrected chi connectivity index (χ2v) is 9.05. The largest absolute Gasteiger partial charge is 0.322 e. The van der Waals surface area contributed by atoms with Crippen molar-refractivity contribution in [1.29, 1.82) is 0 Å². The van der Waals surface area contributed by atoms with Gasteiger partial charge in [-0.3, -0.25) is 14.5 Å². The smallest absolute Gasteiger partial charge is 0.252 e. The number of hydrogen-bond acceptors (Lipinski definition) is 4. The lowest BCUT2D eigenvalue weighted by Gasteiger charge is -2.40. The quantitative estimate of drug-likeness (QED) is 0.739. The molecule has 1 aliphatic heterocycles. The van der Waals surface area contributed by atoms with Gasteiger partial charge in [-0.25, -0.2) is 13.6 Å². The van der Waals surface area contributed by atoms with E-state index in [2.05, 4.69) is 5.32 Å². The molecule has 7 nitrogen and oxygen atoms in total. The second-order valence-electron chi connectivity index (χ2n) is 7.22. The van der Waals surface area contributed by atoms with Crippen LogP contribution in [0.4, 0.5) is 11.4 Å². The number of anilines is 2. The van der Waals surface area contributed by atoms with Gasteiger partial charge in [-0.2, -0.15) is 0 Å². The van der Waals surface area contributed by atoms with Crippen LogP contribution in [-0.2, 0) is 19.6 Å². The molecule has 0 bridgehead atoms. The predicted octanol–water partition coefficient (Wildman–Crippen LogP) is 2.63. The molecule has 148 valence electrons. The monoisotopic (exact) mass is 421 g/mol. The first kappa shape index (κ1) is 20.3. The molecule has 3 N–H and O–H groups in total. The number of primary sulfonamides is 1. The number of nitrogens with one attached hydrogen (secondary N) is 1. The summed E-state index contributed by atoms with van der Waals surface area (Å²) < 4.78 is 23.3. The molecule has 1 heterocycles. The van der Waals surface area contributed by atoms with Gasteiger partial charge >= 0.3 is 0 Å². The molecule has 0 fully saturated rings. The van der Waals surface area contributed by atoms with E-state index in [0.717, 1.165) is 0 Å². The second kappa shape index (κ2) is 7.20. The predicted molar refractivity (Wildman–Crippen MR) is 108 cm³/mol. The van der Waals surface area contributed by atoms with Gasteiger partial charge in [0.15, 0.2) is 0 Å². The van der Waals surface area contributed by atoms with Gasteiger partial charge in [0.25, 0.3) is 5.91 Å². The van der Waals surface area contributed by atoms with E-state index in [9.17, 15) is 18.0 Å². The highest BCUT2D eigenvalue weighted by Crippen LogP contribution is 2.41. The number of sulfonamides is 1. The maximum absolute atomic E-state index is 13.3. The highest BCUT2D eigenvalue weighted by Gasteiger charge is 2.43. The van der Waals surface area contributed by atoms with E-state index in [0.29, 0.717) is 11.3 Å². The van der Waals surface area contributed by atoms with E-state index in [4.69, 9.17) is 16.7 Å². The molecule has 1 aliphatic rings. The standard InChI is InChI=1S/C19H20ClN3O4S/c1-19(2,11-20)18(25)23-15-9-8-13(28(21,26)27)10-14(15)22-17(24)16(23)12-6-4-3-5-7-12/h3-10,16H,11H2,1-2H3,(H,22,24)(H2,21,26,27). The van der Waals surface area contributed by atoms with Gasteiger partial charge in [-0.1, -0.05) is 30.3 Å². The first-order chi connectivity index (χ1) is 13.1. The molecule has 2 aromatic carbocycles. The molecule has 0 radical (unpaired) electrons. The number of amides is 2. The summed E-state index contributed by atoms with van der Waals surface area (Å²) in [5, 5.41) is 7.88. The Bertz CT molecular complexity index is 1040. The maximum atomic E-state index is 13.3. The summed E-state index contributed by atoms with van der Waals surface area (Å²) in [7, 11) is -3.97. The van der Waals surface area contributed by atoms with Crippen LogP contribution in [0.25, 0.3) is 0 Å². The minimum atomic E-state index is -3.97. The van der Waals surface area contributed by atoms with E-state index in [1.165, 1.54) is 23.1 Å². The van der Waals surface area contributed by atoms with Crippen LogP contribution >= 0.6 is 11.6 Å². The van der Waals surface area contributed by atoms with Gasteiger partial charge in [-0.15, -0.1) is 11.6 Å². The lowest BCUT2D eigenvalue weighted by molar-refractivity contribution is -0.129. The molecular weight excluding hydrogens is 402 g/mol. The highest BCUT2D eigenvalue weighted by molar-refractivity contribution is 7.89. The van der Waals surface area contributed by atoms with E-state index in [-0.39, 0.29) is 22.4 Å². The van der Waals surface area contributed by atoms with Crippen LogP contribution in [0.5, 0.6) is 0 Å². The summed E-state index contributed by atoms with van der Waals surface area (Å²) in [5.41, 5.74) is 0.258. The summed E-state index contributed by atoms with van der Waals surface area (Å²) in [4.78, 5) is 27.5. The van der Waals surface area contributed by atoms with Gasteiger partial charge in [0.05, 0.1) is 21.7 Å². The Hall–Kier alpha value is -2.42. The van der Waals surface area contributed by atoms with Crippen molar-refractivity contribution in [3.63, 3.8) is 0 Å². The van der Waals surface area contributed by atoms with Crippen LogP contribution in [0, 0.1) is 5.41 Å². The van der Waals surface area contributed by atoms with Crippen molar-refractivity contribution in [3.05, 3.63) is 54.1 Å². The summed E-state index contributed by atoms with van der Waals surface area (Å²) in [6, 6.07) is 12.0. The van der Waals surface area contributed by atoms with Crippen molar-refractivity contribution in [2.45, 2.75) is 24.8 Å². The zero-order valence-corrected chi connectivity index (χ0v) is 16.9. The molecule has 1 unspecified atom stereocenters. The fourth-order valence-corrected chi connectivity index (χ4v) is 3.66. The molecule has 0 aromatic heterocycles. The molecule has 2 aromatic rings. The van der Waals surface area contributed by atoms with Crippen LogP contribution in [0.3, 0.4) is 0 Å². The lowest BCUT2D eigenvalue weighted by Crippen LogP contribution is -2.50. The molecule has 0 spiro atoms. The molecule has 0 saturated heterocycles. The number of nitrogens with two attached hydrogens (primary N) is 1. The molecule has 1 atom stereocenters. The SMILES string of the molecule is CC(C)(CCl)C(=O)N1c2ccc(S(N)(=O)=O)cc2NC(=O)C1c1ccccc1. The number of benzene rings is 2. The first-order valence-corrected chi connectivity index (χ1v) is 10.6. The minimum absolute atomic E-state index is 0.0516. The summed E-state index contributed by atoms with van der Waals surface area (Å²) in [5.74, 6) is -0.754. The Balaban J connectivity index is 2.22. The number of nitrogens with zero attached hydrogens (tertiary/aromatic N) is 1. The zero-order valence-electron chi connectivity index (χ0n) is 15.3. The summed E-state index contributed by atoms with van der Waals surface area (Å²) >= 11 is 6.01. The topological polar surface area (TPSA) is 110 Å². The fraction of sp³-hybridized carbons (Fsp3) is 0.263.